The molecule has 0 heterocycles. The molecule has 0 aromatic rings. The molecule has 1 heteroatoms. The van der Waals surface area contributed by atoms with E-state index in [1.54, 1.807) is 0 Å². The summed E-state index contributed by atoms with van der Waals surface area (Å²) in [5, 5.41) is 0. The Hall–Kier alpha value is -0.850. The molecule has 0 aliphatic heterocycles. The van der Waals surface area contributed by atoms with Crippen molar-refractivity contribution in [2.75, 3.05) is 0 Å². The lowest BCUT2D eigenvalue weighted by molar-refractivity contribution is -0.118. The molecule has 0 fully saturated rings. The molecule has 0 saturated heterocycles. The van der Waals surface area contributed by atoms with Crippen LogP contribution in [0.3, 0.4) is 0 Å². The largest absolute Gasteiger partial charge is 0.294 e. The molecule has 0 amide bonds. The van der Waals surface area contributed by atoms with Crippen LogP contribution in [0, 0.1) is 5.92 Å². The lowest BCUT2D eigenvalue weighted by atomic mass is 9.84. The summed E-state index contributed by atoms with van der Waals surface area (Å²) in [7, 11) is 0. The van der Waals surface area contributed by atoms with Crippen molar-refractivity contribution in [1.29, 1.82) is 0 Å². The van der Waals surface area contributed by atoms with Crippen molar-refractivity contribution in [2.24, 2.45) is 5.92 Å². The maximum Gasteiger partial charge on any atom is 0.165 e. The quantitative estimate of drug-likeness (QED) is 0.501. The predicted molar refractivity (Wildman–Crippen MR) is 64.8 cm³/mol. The number of carbonyl (C=O) groups is 1. The highest BCUT2D eigenvalue weighted by Gasteiger charge is 2.21. The zero-order valence-corrected chi connectivity index (χ0v) is 10.2. The molecule has 0 aromatic heterocycles. The van der Waals surface area contributed by atoms with E-state index in [0.29, 0.717) is 5.78 Å². The number of hydrogen-bond acceptors (Lipinski definition) is 1. The SMILES string of the molecule is CCCCCC=C1CC=C(C)C(=O)C1C. The Morgan fingerprint density at radius 1 is 1.47 bits per heavy atom. The number of allylic oxidation sites excluding steroid dienone is 4. The zero-order valence-electron chi connectivity index (χ0n) is 10.2. The molecule has 0 spiro atoms. The van der Waals surface area contributed by atoms with Crippen LogP contribution >= 0.6 is 0 Å². The molecule has 1 unspecified atom stereocenters. The third-order valence-electron chi connectivity index (χ3n) is 3.20. The Bertz CT molecular complexity index is 284. The van der Waals surface area contributed by atoms with Crippen LogP contribution in [0.1, 0.15) is 52.9 Å². The molecule has 0 saturated carbocycles. The summed E-state index contributed by atoms with van der Waals surface area (Å²) in [5.41, 5.74) is 2.26. The second kappa shape index (κ2) is 5.89. The van der Waals surface area contributed by atoms with E-state index < -0.39 is 0 Å². The van der Waals surface area contributed by atoms with E-state index in [1.807, 2.05) is 13.8 Å². The average molecular weight is 206 g/mol. The standard InChI is InChI=1S/C14H22O/c1-4-5-6-7-8-13-10-9-11(2)14(15)12(13)3/h8-9,12H,4-7,10H2,1-3H3. The highest BCUT2D eigenvalue weighted by Crippen LogP contribution is 2.26. The first-order valence-corrected chi connectivity index (χ1v) is 6.06. The number of rotatable bonds is 4. The Morgan fingerprint density at radius 3 is 2.87 bits per heavy atom. The molecule has 84 valence electrons. The lowest BCUT2D eigenvalue weighted by Gasteiger charge is -2.19. The minimum atomic E-state index is 0.122. The molecule has 1 aliphatic carbocycles. The molecule has 1 nitrogen and oxygen atoms in total. The van der Waals surface area contributed by atoms with Gasteiger partial charge in [-0.2, -0.15) is 0 Å². The first-order valence-electron chi connectivity index (χ1n) is 6.06. The van der Waals surface area contributed by atoms with Gasteiger partial charge in [0.2, 0.25) is 0 Å². The van der Waals surface area contributed by atoms with E-state index in [-0.39, 0.29) is 5.92 Å². The van der Waals surface area contributed by atoms with Crippen LogP contribution in [0.15, 0.2) is 23.3 Å². The van der Waals surface area contributed by atoms with Crippen molar-refractivity contribution in [2.45, 2.75) is 52.9 Å². The third kappa shape index (κ3) is 3.33. The summed E-state index contributed by atoms with van der Waals surface area (Å²) in [6.45, 7) is 6.17. The van der Waals surface area contributed by atoms with Gasteiger partial charge >= 0.3 is 0 Å². The molecule has 0 radical (unpaired) electrons. The maximum absolute atomic E-state index is 11.7. The van der Waals surface area contributed by atoms with E-state index in [2.05, 4.69) is 19.1 Å². The summed E-state index contributed by atoms with van der Waals surface area (Å²) in [4.78, 5) is 11.7. The van der Waals surface area contributed by atoms with Crippen LogP contribution in [0.25, 0.3) is 0 Å². The fourth-order valence-corrected chi connectivity index (χ4v) is 2.00. The molecule has 0 bridgehead atoms. The van der Waals surface area contributed by atoms with Crippen LogP contribution in [0.2, 0.25) is 0 Å². The van der Waals surface area contributed by atoms with E-state index >= 15 is 0 Å². The summed E-state index contributed by atoms with van der Waals surface area (Å²) < 4.78 is 0. The topological polar surface area (TPSA) is 17.1 Å². The Morgan fingerprint density at radius 2 is 2.20 bits per heavy atom. The van der Waals surface area contributed by atoms with Crippen LogP contribution in [0.4, 0.5) is 0 Å². The summed E-state index contributed by atoms with van der Waals surface area (Å²) in [5.74, 6) is 0.430. The molecule has 15 heavy (non-hydrogen) atoms. The van der Waals surface area contributed by atoms with Gasteiger partial charge in [0.1, 0.15) is 0 Å². The number of carbonyl (C=O) groups excluding carboxylic acids is 1. The van der Waals surface area contributed by atoms with E-state index in [4.69, 9.17) is 0 Å². The molecule has 1 atom stereocenters. The Balaban J connectivity index is 2.53. The minimum absolute atomic E-state index is 0.122. The summed E-state index contributed by atoms with van der Waals surface area (Å²) >= 11 is 0. The van der Waals surface area contributed by atoms with E-state index in [1.165, 1.54) is 24.8 Å². The van der Waals surface area contributed by atoms with Gasteiger partial charge in [-0.15, -0.1) is 0 Å². The van der Waals surface area contributed by atoms with Crippen molar-refractivity contribution >= 4 is 5.78 Å². The van der Waals surface area contributed by atoms with Crippen molar-refractivity contribution in [3.8, 4) is 0 Å². The molecule has 1 aliphatic rings. The lowest BCUT2D eigenvalue weighted by Crippen LogP contribution is -2.18. The van der Waals surface area contributed by atoms with Crippen molar-refractivity contribution in [3.05, 3.63) is 23.3 Å². The average Bonchev–Trinajstić information content (AvgIpc) is 2.24. The number of unbranched alkanes of at least 4 members (excludes halogenated alkanes) is 3. The predicted octanol–water partition coefficient (Wildman–Crippen LogP) is 4.05. The van der Waals surface area contributed by atoms with Crippen molar-refractivity contribution < 1.29 is 4.79 Å². The second-order valence-electron chi connectivity index (χ2n) is 4.45. The zero-order chi connectivity index (χ0) is 11.3. The van der Waals surface area contributed by atoms with Gasteiger partial charge in [0, 0.05) is 5.92 Å². The molecule has 0 N–H and O–H groups in total. The fraction of sp³-hybridized carbons (Fsp3) is 0.643. The normalized spacial score (nSPS) is 24.5. The summed E-state index contributed by atoms with van der Waals surface area (Å²) in [6.07, 6.45) is 10.3. The van der Waals surface area contributed by atoms with Crippen LogP contribution in [-0.2, 0) is 4.79 Å². The molecule has 0 aromatic carbocycles. The van der Waals surface area contributed by atoms with Gasteiger partial charge < -0.3 is 0 Å². The molecular formula is C14H22O. The van der Waals surface area contributed by atoms with Crippen LogP contribution < -0.4 is 0 Å². The van der Waals surface area contributed by atoms with Gasteiger partial charge in [0.05, 0.1) is 0 Å². The van der Waals surface area contributed by atoms with Gasteiger partial charge in [-0.1, -0.05) is 44.4 Å². The van der Waals surface area contributed by atoms with Crippen LogP contribution in [0.5, 0.6) is 0 Å². The van der Waals surface area contributed by atoms with Crippen LogP contribution in [-0.4, -0.2) is 5.78 Å². The smallest absolute Gasteiger partial charge is 0.165 e. The molecule has 1 rings (SSSR count). The monoisotopic (exact) mass is 206 g/mol. The fourth-order valence-electron chi connectivity index (χ4n) is 2.00. The Labute approximate surface area is 93.3 Å². The van der Waals surface area contributed by atoms with Gasteiger partial charge in [-0.3, -0.25) is 4.79 Å². The molecular weight excluding hydrogens is 184 g/mol. The maximum atomic E-state index is 11.7. The third-order valence-corrected chi connectivity index (χ3v) is 3.20. The van der Waals surface area contributed by atoms with Gasteiger partial charge in [0.15, 0.2) is 5.78 Å². The van der Waals surface area contributed by atoms with Crippen molar-refractivity contribution in [1.82, 2.24) is 0 Å². The second-order valence-corrected chi connectivity index (χ2v) is 4.45. The van der Waals surface area contributed by atoms with Gasteiger partial charge in [0.25, 0.3) is 0 Å². The van der Waals surface area contributed by atoms with E-state index in [0.717, 1.165) is 18.4 Å². The number of ketones is 1. The summed E-state index contributed by atoms with van der Waals surface area (Å²) in [6, 6.07) is 0. The van der Waals surface area contributed by atoms with Crippen molar-refractivity contribution in [3.63, 3.8) is 0 Å². The Kier molecular flexibility index (Phi) is 4.80. The minimum Gasteiger partial charge on any atom is -0.294 e. The first kappa shape index (κ1) is 12.2. The number of Topliss-reactive ketones (excluding diaryl/α,β-unsaturated/α-hetero) is 1. The van der Waals surface area contributed by atoms with E-state index in [9.17, 15) is 4.79 Å². The first-order chi connectivity index (χ1) is 7.16. The highest BCUT2D eigenvalue weighted by atomic mass is 16.1. The van der Waals surface area contributed by atoms with Gasteiger partial charge in [-0.25, -0.2) is 0 Å². The van der Waals surface area contributed by atoms with Gasteiger partial charge in [-0.05, 0) is 31.8 Å². The highest BCUT2D eigenvalue weighted by molar-refractivity contribution is 5.99. The number of hydrogen-bond donors (Lipinski definition) is 0.